The standard InChI is InChI=1S/C17H16N2O3S/c1-23(20,21)17-6-4-13(5-7-17)14-9-15(11-18-10-14)19-12-16-3-2-8-22-16/h2-11,19H,12H2,1H3. The van der Waals surface area contributed by atoms with E-state index in [1.54, 1.807) is 42.9 Å². The van der Waals surface area contributed by atoms with Gasteiger partial charge < -0.3 is 9.73 Å². The second-order valence-corrected chi connectivity index (χ2v) is 7.21. The van der Waals surface area contributed by atoms with Crippen LogP contribution in [0.4, 0.5) is 5.69 Å². The van der Waals surface area contributed by atoms with E-state index in [0.717, 1.165) is 22.6 Å². The van der Waals surface area contributed by atoms with Gasteiger partial charge in [0.05, 0.1) is 23.4 Å². The maximum absolute atomic E-state index is 11.5. The van der Waals surface area contributed by atoms with Gasteiger partial charge in [-0.15, -0.1) is 0 Å². The smallest absolute Gasteiger partial charge is 0.175 e. The quantitative estimate of drug-likeness (QED) is 0.777. The highest BCUT2D eigenvalue weighted by Crippen LogP contribution is 2.23. The Bertz CT molecular complexity index is 886. The Morgan fingerprint density at radius 1 is 1.09 bits per heavy atom. The number of furan rings is 1. The third kappa shape index (κ3) is 3.78. The molecule has 0 aliphatic carbocycles. The normalized spacial score (nSPS) is 11.3. The average molecular weight is 328 g/mol. The number of hydrogen-bond acceptors (Lipinski definition) is 5. The van der Waals surface area contributed by atoms with E-state index >= 15 is 0 Å². The Kier molecular flexibility index (Phi) is 4.16. The summed E-state index contributed by atoms with van der Waals surface area (Å²) in [5.74, 6) is 0.841. The van der Waals surface area contributed by atoms with Gasteiger partial charge in [-0.05, 0) is 35.9 Å². The van der Waals surface area contributed by atoms with Crippen molar-refractivity contribution in [2.45, 2.75) is 11.4 Å². The molecule has 23 heavy (non-hydrogen) atoms. The highest BCUT2D eigenvalue weighted by molar-refractivity contribution is 7.90. The van der Waals surface area contributed by atoms with Crippen molar-refractivity contribution in [3.63, 3.8) is 0 Å². The van der Waals surface area contributed by atoms with Crippen LogP contribution in [0.25, 0.3) is 11.1 Å². The van der Waals surface area contributed by atoms with Crippen LogP contribution in [0.3, 0.4) is 0 Å². The number of rotatable bonds is 5. The predicted molar refractivity (Wildman–Crippen MR) is 88.8 cm³/mol. The van der Waals surface area contributed by atoms with E-state index in [9.17, 15) is 8.42 Å². The number of nitrogens with zero attached hydrogens (tertiary/aromatic N) is 1. The number of nitrogens with one attached hydrogen (secondary N) is 1. The van der Waals surface area contributed by atoms with Gasteiger partial charge in [0.25, 0.3) is 0 Å². The fraction of sp³-hybridized carbons (Fsp3) is 0.118. The van der Waals surface area contributed by atoms with Crippen molar-refractivity contribution in [3.05, 3.63) is 66.9 Å². The highest BCUT2D eigenvalue weighted by Gasteiger charge is 2.07. The van der Waals surface area contributed by atoms with E-state index in [2.05, 4.69) is 10.3 Å². The number of sulfone groups is 1. The lowest BCUT2D eigenvalue weighted by Gasteiger charge is -2.07. The minimum atomic E-state index is -3.18. The molecule has 0 spiro atoms. The number of anilines is 1. The van der Waals surface area contributed by atoms with Gasteiger partial charge in [0, 0.05) is 24.2 Å². The minimum absolute atomic E-state index is 0.307. The van der Waals surface area contributed by atoms with Crippen LogP contribution in [-0.4, -0.2) is 19.7 Å². The number of pyridine rings is 1. The molecule has 3 aromatic rings. The molecule has 0 aliphatic heterocycles. The molecule has 3 rings (SSSR count). The largest absolute Gasteiger partial charge is 0.467 e. The van der Waals surface area contributed by atoms with Crippen LogP contribution in [0.1, 0.15) is 5.76 Å². The van der Waals surface area contributed by atoms with Crippen LogP contribution in [0.15, 0.2) is 70.4 Å². The van der Waals surface area contributed by atoms with Crippen molar-refractivity contribution >= 4 is 15.5 Å². The maximum Gasteiger partial charge on any atom is 0.175 e. The third-order valence-electron chi connectivity index (χ3n) is 3.40. The Morgan fingerprint density at radius 2 is 1.87 bits per heavy atom. The molecular weight excluding hydrogens is 312 g/mol. The molecule has 5 nitrogen and oxygen atoms in total. The summed E-state index contributed by atoms with van der Waals surface area (Å²) in [6.07, 6.45) is 6.31. The molecule has 0 bridgehead atoms. The zero-order valence-electron chi connectivity index (χ0n) is 12.6. The topological polar surface area (TPSA) is 72.2 Å². The molecule has 118 valence electrons. The predicted octanol–water partition coefficient (Wildman–Crippen LogP) is 3.36. The lowest BCUT2D eigenvalue weighted by molar-refractivity contribution is 0.518. The Hall–Kier alpha value is -2.60. The highest BCUT2D eigenvalue weighted by atomic mass is 32.2. The zero-order valence-corrected chi connectivity index (χ0v) is 13.4. The first kappa shape index (κ1) is 15.3. The fourth-order valence-corrected chi connectivity index (χ4v) is 2.82. The number of hydrogen-bond donors (Lipinski definition) is 1. The molecule has 0 amide bonds. The monoisotopic (exact) mass is 328 g/mol. The molecule has 6 heteroatoms. The molecule has 1 aromatic carbocycles. The van der Waals surface area contributed by atoms with E-state index in [1.807, 2.05) is 18.2 Å². The summed E-state index contributed by atoms with van der Waals surface area (Å²) in [6, 6.07) is 12.5. The van der Waals surface area contributed by atoms with Crippen LogP contribution in [0, 0.1) is 0 Å². The van der Waals surface area contributed by atoms with Crippen molar-refractivity contribution in [1.82, 2.24) is 4.98 Å². The van der Waals surface area contributed by atoms with E-state index in [4.69, 9.17) is 4.42 Å². The molecule has 0 saturated heterocycles. The van der Waals surface area contributed by atoms with Gasteiger partial charge in [-0.1, -0.05) is 12.1 Å². The van der Waals surface area contributed by atoms with Crippen LogP contribution in [0.2, 0.25) is 0 Å². The summed E-state index contributed by atoms with van der Waals surface area (Å²) < 4.78 is 28.3. The van der Waals surface area contributed by atoms with Crippen molar-refractivity contribution < 1.29 is 12.8 Å². The van der Waals surface area contributed by atoms with Crippen LogP contribution >= 0.6 is 0 Å². The van der Waals surface area contributed by atoms with Crippen molar-refractivity contribution in [1.29, 1.82) is 0 Å². The van der Waals surface area contributed by atoms with Crippen molar-refractivity contribution in [2.24, 2.45) is 0 Å². The van der Waals surface area contributed by atoms with Crippen LogP contribution in [-0.2, 0) is 16.4 Å². The molecule has 0 radical (unpaired) electrons. The average Bonchev–Trinajstić information content (AvgIpc) is 3.06. The number of aromatic nitrogens is 1. The first-order valence-electron chi connectivity index (χ1n) is 7.04. The molecular formula is C17H16N2O3S. The van der Waals surface area contributed by atoms with Crippen molar-refractivity contribution in [3.8, 4) is 11.1 Å². The van der Waals surface area contributed by atoms with Gasteiger partial charge in [0.15, 0.2) is 9.84 Å². The summed E-state index contributed by atoms with van der Waals surface area (Å²) in [7, 11) is -3.18. The summed E-state index contributed by atoms with van der Waals surface area (Å²) in [4.78, 5) is 4.53. The van der Waals surface area contributed by atoms with E-state index < -0.39 is 9.84 Å². The van der Waals surface area contributed by atoms with Gasteiger partial charge in [-0.2, -0.15) is 0 Å². The van der Waals surface area contributed by atoms with Gasteiger partial charge in [-0.3, -0.25) is 4.98 Å². The SMILES string of the molecule is CS(=O)(=O)c1ccc(-c2cncc(NCc3ccco3)c2)cc1. The number of benzene rings is 1. The Balaban J connectivity index is 1.79. The van der Waals surface area contributed by atoms with E-state index in [-0.39, 0.29) is 0 Å². The fourth-order valence-electron chi connectivity index (χ4n) is 2.19. The van der Waals surface area contributed by atoms with Crippen molar-refractivity contribution in [2.75, 3.05) is 11.6 Å². The van der Waals surface area contributed by atoms with Gasteiger partial charge in [0.2, 0.25) is 0 Å². The van der Waals surface area contributed by atoms with E-state index in [1.165, 1.54) is 6.26 Å². The molecule has 2 aromatic heterocycles. The van der Waals surface area contributed by atoms with Gasteiger partial charge in [0.1, 0.15) is 5.76 Å². The Labute approximate surface area is 134 Å². The second-order valence-electron chi connectivity index (χ2n) is 5.19. The molecule has 0 unspecified atom stereocenters. The molecule has 0 aliphatic rings. The van der Waals surface area contributed by atoms with Gasteiger partial charge >= 0.3 is 0 Å². The first-order chi connectivity index (χ1) is 11.0. The summed E-state index contributed by atoms with van der Waals surface area (Å²) in [5.41, 5.74) is 2.69. The lowest BCUT2D eigenvalue weighted by Crippen LogP contribution is -1.99. The van der Waals surface area contributed by atoms with Crippen LogP contribution < -0.4 is 5.32 Å². The summed E-state index contributed by atoms with van der Waals surface area (Å²) in [5, 5.41) is 3.24. The first-order valence-corrected chi connectivity index (χ1v) is 8.93. The minimum Gasteiger partial charge on any atom is -0.467 e. The lowest BCUT2D eigenvalue weighted by atomic mass is 10.1. The summed E-state index contributed by atoms with van der Waals surface area (Å²) in [6.45, 7) is 0.575. The molecule has 0 atom stereocenters. The molecule has 2 heterocycles. The third-order valence-corrected chi connectivity index (χ3v) is 4.53. The second kappa shape index (κ2) is 6.26. The van der Waals surface area contributed by atoms with Gasteiger partial charge in [-0.25, -0.2) is 8.42 Å². The zero-order chi connectivity index (χ0) is 16.3. The van der Waals surface area contributed by atoms with Crippen LogP contribution in [0.5, 0.6) is 0 Å². The molecule has 1 N–H and O–H groups in total. The Morgan fingerprint density at radius 3 is 2.52 bits per heavy atom. The summed E-state index contributed by atoms with van der Waals surface area (Å²) >= 11 is 0. The van der Waals surface area contributed by atoms with E-state index in [0.29, 0.717) is 11.4 Å². The maximum atomic E-state index is 11.5. The molecule has 0 saturated carbocycles. The molecule has 0 fully saturated rings.